The summed E-state index contributed by atoms with van der Waals surface area (Å²) in [5.74, 6) is 0. The van der Waals surface area contributed by atoms with E-state index in [4.69, 9.17) is 14.7 Å². The second-order valence-electron chi connectivity index (χ2n) is 1.11. The van der Waals surface area contributed by atoms with Crippen molar-refractivity contribution < 1.29 is 37.0 Å². The molecule has 12 heteroatoms. The van der Waals surface area contributed by atoms with Gasteiger partial charge in [-0.2, -0.15) is 0 Å². The average Bonchev–Trinajstić information content (AvgIpc) is 1.85. The van der Waals surface area contributed by atoms with Gasteiger partial charge in [-0.3, -0.25) is 4.89 Å². The second kappa shape index (κ2) is 7.88. The topological polar surface area (TPSA) is 130 Å². The van der Waals surface area contributed by atoms with Gasteiger partial charge in [0, 0.05) is 24.1 Å². The molecule has 78 valence electrons. The van der Waals surface area contributed by atoms with E-state index in [-0.39, 0.29) is 0 Å². The highest BCUT2D eigenvalue weighted by Crippen LogP contribution is 2.55. The predicted molar refractivity (Wildman–Crippen MR) is 43.4 cm³/mol. The lowest BCUT2D eigenvalue weighted by atomic mass is 12.0. The molecule has 0 aliphatic carbocycles. The molecule has 0 aromatic rings. The van der Waals surface area contributed by atoms with Crippen molar-refractivity contribution in [1.29, 1.82) is 0 Å². The minimum atomic E-state index is -4.87. The second-order valence-corrected chi connectivity index (χ2v) is 4.30. The fraction of sp³-hybridized carbons (Fsp3) is 1.00. The molecule has 0 fully saturated rings. The Kier molecular flexibility index (Phi) is 9.68. The van der Waals surface area contributed by atoms with Gasteiger partial charge in [0.2, 0.25) is 0 Å². The maximum atomic E-state index is 10.3. The lowest BCUT2D eigenvalue weighted by Crippen LogP contribution is -1.81. The van der Waals surface area contributed by atoms with E-state index in [2.05, 4.69) is 20.2 Å². The highest BCUT2D eigenvalue weighted by molar-refractivity contribution is 7.60. The smallest absolute Gasteiger partial charge is 0.297 e. The predicted octanol–water partition coefficient (Wildman–Crippen LogP) is 1.27. The van der Waals surface area contributed by atoms with E-state index in [0.29, 0.717) is 0 Å². The van der Waals surface area contributed by atoms with Gasteiger partial charge in [0.05, 0.1) is 0 Å². The van der Waals surface area contributed by atoms with Crippen LogP contribution in [0.15, 0.2) is 0 Å². The number of halogens is 1. The first-order valence-electron chi connectivity index (χ1n) is 2.26. The van der Waals surface area contributed by atoms with Crippen LogP contribution in [-0.2, 0) is 22.3 Å². The van der Waals surface area contributed by atoms with E-state index >= 15 is 0 Å². The van der Waals surface area contributed by atoms with Crippen molar-refractivity contribution in [3.63, 3.8) is 0 Å². The maximum Gasteiger partial charge on any atom is 0.705 e. The standard InChI is InChI=1S/CH3Cl.HO8P3/c1-2;1-9(2)7-11(5,6)8-10(3)4/h1H3;(H-2,1,2,3,4,5,6)/p+2. The molecular formula is CH6ClO8P3+2. The third-order valence-electron chi connectivity index (χ3n) is 0.346. The van der Waals surface area contributed by atoms with Crippen LogP contribution in [0.1, 0.15) is 0 Å². The summed E-state index contributed by atoms with van der Waals surface area (Å²) in [5, 5.41) is 0. The molecule has 2 atom stereocenters. The Morgan fingerprint density at radius 1 is 1.15 bits per heavy atom. The summed E-state index contributed by atoms with van der Waals surface area (Å²) in [6, 6.07) is 0. The van der Waals surface area contributed by atoms with Gasteiger partial charge in [-0.1, -0.05) is 0 Å². The first-order valence-corrected chi connectivity index (χ1v) is 6.77. The molecule has 0 heterocycles. The van der Waals surface area contributed by atoms with Gasteiger partial charge in [0.1, 0.15) is 0 Å². The van der Waals surface area contributed by atoms with Crippen molar-refractivity contribution in [2.75, 3.05) is 6.38 Å². The van der Waals surface area contributed by atoms with E-state index in [1.165, 1.54) is 6.38 Å². The Labute approximate surface area is 80.0 Å². The lowest BCUT2D eigenvalue weighted by molar-refractivity contribution is 0.271. The summed E-state index contributed by atoms with van der Waals surface area (Å²) in [4.78, 5) is 24.1. The number of hydrogen-bond acceptors (Lipinski definition) is 5. The van der Waals surface area contributed by atoms with Gasteiger partial charge in [0.25, 0.3) is 0 Å². The largest absolute Gasteiger partial charge is 0.705 e. The summed E-state index contributed by atoms with van der Waals surface area (Å²) in [6.45, 7) is 0. The van der Waals surface area contributed by atoms with Gasteiger partial charge in [-0.25, -0.2) is 4.57 Å². The number of rotatable bonds is 4. The van der Waals surface area contributed by atoms with E-state index in [1.807, 2.05) is 0 Å². The SMILES string of the molecule is CCl.O=[P+](O)OP(=O)(O)O[P+](=O)O. The molecule has 0 aromatic heterocycles. The van der Waals surface area contributed by atoms with Crippen LogP contribution in [0.5, 0.6) is 0 Å². The minimum Gasteiger partial charge on any atom is -0.297 e. The van der Waals surface area contributed by atoms with Crippen LogP contribution in [-0.4, -0.2) is 21.1 Å². The lowest BCUT2D eigenvalue weighted by Gasteiger charge is -1.88. The zero-order valence-electron chi connectivity index (χ0n) is 6.10. The molecule has 0 saturated heterocycles. The molecule has 8 nitrogen and oxygen atoms in total. The van der Waals surface area contributed by atoms with Crippen LogP contribution in [0.4, 0.5) is 0 Å². The fourth-order valence-corrected chi connectivity index (χ4v) is 1.99. The van der Waals surface area contributed by atoms with E-state index < -0.39 is 24.3 Å². The van der Waals surface area contributed by atoms with Crippen LogP contribution in [0.25, 0.3) is 0 Å². The van der Waals surface area contributed by atoms with Crippen molar-refractivity contribution >= 4 is 35.9 Å². The monoisotopic (exact) mass is 274 g/mol. The Balaban J connectivity index is 0. The summed E-state index contributed by atoms with van der Waals surface area (Å²) < 4.78 is 36.4. The van der Waals surface area contributed by atoms with Crippen LogP contribution in [0, 0.1) is 0 Å². The van der Waals surface area contributed by atoms with Gasteiger partial charge in [0.15, 0.2) is 0 Å². The summed E-state index contributed by atoms with van der Waals surface area (Å²) in [5.41, 5.74) is 0. The van der Waals surface area contributed by atoms with Crippen molar-refractivity contribution in [2.45, 2.75) is 0 Å². The molecule has 0 spiro atoms. The molecule has 13 heavy (non-hydrogen) atoms. The molecule has 0 rings (SSSR count). The number of hydrogen-bond donors (Lipinski definition) is 3. The molecule has 0 bridgehead atoms. The van der Waals surface area contributed by atoms with E-state index in [1.54, 1.807) is 0 Å². The quantitative estimate of drug-likeness (QED) is 0.516. The van der Waals surface area contributed by atoms with Crippen molar-refractivity contribution in [3.8, 4) is 0 Å². The molecule has 0 saturated carbocycles. The Morgan fingerprint density at radius 2 is 1.38 bits per heavy atom. The van der Waals surface area contributed by atoms with Crippen molar-refractivity contribution in [3.05, 3.63) is 0 Å². The molecule has 0 amide bonds. The maximum absolute atomic E-state index is 10.3. The summed E-state index contributed by atoms with van der Waals surface area (Å²) >= 11 is 4.64. The fourth-order valence-electron chi connectivity index (χ4n) is 0.191. The van der Waals surface area contributed by atoms with Crippen LogP contribution in [0.3, 0.4) is 0 Å². The summed E-state index contributed by atoms with van der Waals surface area (Å²) in [7, 11) is -11.6. The Bertz CT molecular complexity index is 205. The highest BCUT2D eigenvalue weighted by Gasteiger charge is 2.43. The molecule has 3 N–H and O–H groups in total. The third-order valence-corrected chi connectivity index (χ3v) is 3.11. The van der Waals surface area contributed by atoms with Crippen molar-refractivity contribution in [2.24, 2.45) is 0 Å². The highest BCUT2D eigenvalue weighted by atomic mass is 35.5. The average molecular weight is 274 g/mol. The van der Waals surface area contributed by atoms with Gasteiger partial charge >= 0.3 is 24.3 Å². The molecule has 0 aromatic carbocycles. The third kappa shape index (κ3) is 12.5. The number of phosphoric acid groups is 1. The van der Waals surface area contributed by atoms with Gasteiger partial charge in [-0.05, 0) is 0 Å². The zero-order valence-corrected chi connectivity index (χ0v) is 9.54. The van der Waals surface area contributed by atoms with Gasteiger partial charge < -0.3 is 0 Å². The Hall–Kier alpha value is 0.520. The minimum absolute atomic E-state index is 1.47. The molecular weight excluding hydrogens is 268 g/mol. The van der Waals surface area contributed by atoms with Crippen LogP contribution < -0.4 is 0 Å². The van der Waals surface area contributed by atoms with E-state index in [0.717, 1.165) is 0 Å². The molecule has 2 unspecified atom stereocenters. The molecule has 0 radical (unpaired) electrons. The first kappa shape index (κ1) is 16.0. The van der Waals surface area contributed by atoms with Crippen LogP contribution in [0.2, 0.25) is 0 Å². The van der Waals surface area contributed by atoms with Gasteiger partial charge in [-0.15, -0.1) is 21.4 Å². The normalized spacial score (nSPS) is 16.4. The van der Waals surface area contributed by atoms with Crippen LogP contribution >= 0.6 is 35.9 Å². The first-order chi connectivity index (χ1) is 5.83. The van der Waals surface area contributed by atoms with E-state index in [9.17, 15) is 13.7 Å². The molecule has 0 aliphatic heterocycles. The Morgan fingerprint density at radius 3 is 1.54 bits per heavy atom. The van der Waals surface area contributed by atoms with Crippen molar-refractivity contribution in [1.82, 2.24) is 0 Å². The number of alkyl halides is 1. The molecule has 0 aliphatic rings. The zero-order chi connectivity index (χ0) is 11.1. The summed E-state index contributed by atoms with van der Waals surface area (Å²) in [6.07, 6.45) is 1.47.